The van der Waals surface area contributed by atoms with E-state index in [0.29, 0.717) is 24.5 Å². The van der Waals surface area contributed by atoms with Crippen molar-refractivity contribution in [1.82, 2.24) is 8.87 Å². The van der Waals surface area contributed by atoms with Gasteiger partial charge in [-0.15, -0.1) is 0 Å². The SMILES string of the molecule is CCOC(=O)Cn1c(=O)oc2cc(S(=O)(=O)N3CCC[C@@H](C)C3)ccc21. The minimum Gasteiger partial charge on any atom is -0.465 e. The maximum atomic E-state index is 12.9. The Balaban J connectivity index is 1.95. The molecule has 2 heterocycles. The lowest BCUT2D eigenvalue weighted by atomic mass is 10.0. The zero-order valence-corrected chi connectivity index (χ0v) is 15.6. The van der Waals surface area contributed by atoms with Crippen LogP contribution in [0.15, 0.2) is 32.3 Å². The molecule has 0 amide bonds. The van der Waals surface area contributed by atoms with Crippen molar-refractivity contribution in [2.45, 2.75) is 38.1 Å². The number of piperidine rings is 1. The van der Waals surface area contributed by atoms with Crippen molar-refractivity contribution in [3.05, 3.63) is 28.7 Å². The molecule has 3 rings (SSSR count). The molecule has 0 unspecified atom stereocenters. The van der Waals surface area contributed by atoms with Gasteiger partial charge >= 0.3 is 11.7 Å². The van der Waals surface area contributed by atoms with E-state index in [1.54, 1.807) is 6.92 Å². The Labute approximate surface area is 151 Å². The van der Waals surface area contributed by atoms with Gasteiger partial charge in [0.05, 0.1) is 17.0 Å². The fourth-order valence-electron chi connectivity index (χ4n) is 3.21. The number of nitrogens with zero attached hydrogens (tertiary/aromatic N) is 2. The van der Waals surface area contributed by atoms with Gasteiger partial charge in [-0.2, -0.15) is 4.31 Å². The molecule has 1 aliphatic heterocycles. The van der Waals surface area contributed by atoms with Crippen LogP contribution in [0.3, 0.4) is 0 Å². The maximum absolute atomic E-state index is 12.9. The van der Waals surface area contributed by atoms with E-state index in [-0.39, 0.29) is 23.6 Å². The molecule has 8 nitrogen and oxygen atoms in total. The van der Waals surface area contributed by atoms with Gasteiger partial charge < -0.3 is 9.15 Å². The van der Waals surface area contributed by atoms with Crippen LogP contribution in [0.25, 0.3) is 11.1 Å². The van der Waals surface area contributed by atoms with Gasteiger partial charge in [0.15, 0.2) is 5.58 Å². The van der Waals surface area contributed by atoms with Crippen molar-refractivity contribution >= 4 is 27.1 Å². The number of rotatable bonds is 5. The number of carbonyl (C=O) groups excluding carboxylic acids is 1. The predicted octanol–water partition coefficient (Wildman–Crippen LogP) is 1.58. The Morgan fingerprint density at radius 2 is 2.15 bits per heavy atom. The standard InChI is InChI=1S/C17H22N2O6S/c1-3-24-16(20)11-19-14-7-6-13(9-15(14)25-17(19)21)26(22,23)18-8-4-5-12(2)10-18/h6-7,9,12H,3-5,8,10-11H2,1-2H3/t12-/m1/s1. The predicted molar refractivity (Wildman–Crippen MR) is 94.3 cm³/mol. The number of sulfonamides is 1. The van der Waals surface area contributed by atoms with Crippen LogP contribution in [0.4, 0.5) is 0 Å². The molecule has 1 aromatic carbocycles. The highest BCUT2D eigenvalue weighted by Gasteiger charge is 2.29. The molecule has 1 atom stereocenters. The summed E-state index contributed by atoms with van der Waals surface area (Å²) < 4.78 is 38.3. The summed E-state index contributed by atoms with van der Waals surface area (Å²) >= 11 is 0. The lowest BCUT2D eigenvalue weighted by molar-refractivity contribution is -0.143. The van der Waals surface area contributed by atoms with E-state index >= 15 is 0 Å². The topological polar surface area (TPSA) is 98.8 Å². The minimum absolute atomic E-state index is 0.0798. The highest BCUT2D eigenvalue weighted by Crippen LogP contribution is 2.25. The molecule has 0 N–H and O–H groups in total. The number of fused-ring (bicyclic) bond motifs is 1. The van der Waals surface area contributed by atoms with Crippen molar-refractivity contribution in [2.24, 2.45) is 5.92 Å². The summed E-state index contributed by atoms with van der Waals surface area (Å²) in [7, 11) is -3.65. The van der Waals surface area contributed by atoms with E-state index in [1.807, 2.05) is 6.92 Å². The molecule has 142 valence electrons. The first kappa shape index (κ1) is 18.7. The van der Waals surface area contributed by atoms with Gasteiger partial charge in [-0.05, 0) is 37.8 Å². The smallest absolute Gasteiger partial charge is 0.420 e. The second-order valence-corrected chi connectivity index (χ2v) is 8.44. The van der Waals surface area contributed by atoms with Gasteiger partial charge in [-0.25, -0.2) is 13.2 Å². The van der Waals surface area contributed by atoms with Crippen molar-refractivity contribution in [3.8, 4) is 0 Å². The number of hydrogen-bond donors (Lipinski definition) is 0. The second kappa shape index (κ2) is 7.24. The Morgan fingerprint density at radius 1 is 1.38 bits per heavy atom. The fraction of sp³-hybridized carbons (Fsp3) is 0.529. The summed E-state index contributed by atoms with van der Waals surface area (Å²) in [6, 6.07) is 4.26. The lowest BCUT2D eigenvalue weighted by Crippen LogP contribution is -2.39. The van der Waals surface area contributed by atoms with E-state index in [4.69, 9.17) is 9.15 Å². The average molecular weight is 382 g/mol. The molecule has 9 heteroatoms. The van der Waals surface area contributed by atoms with Crippen molar-refractivity contribution in [1.29, 1.82) is 0 Å². The quantitative estimate of drug-likeness (QED) is 0.728. The Morgan fingerprint density at radius 3 is 2.85 bits per heavy atom. The van der Waals surface area contributed by atoms with Crippen LogP contribution in [0.1, 0.15) is 26.7 Å². The number of hydrogen-bond acceptors (Lipinski definition) is 6. The minimum atomic E-state index is -3.65. The van der Waals surface area contributed by atoms with Crippen LogP contribution < -0.4 is 5.76 Å². The molecule has 0 bridgehead atoms. The van der Waals surface area contributed by atoms with Gasteiger partial charge in [-0.3, -0.25) is 9.36 Å². The van der Waals surface area contributed by atoms with Crippen LogP contribution in [0.2, 0.25) is 0 Å². The van der Waals surface area contributed by atoms with Gasteiger partial charge in [0, 0.05) is 19.2 Å². The molecule has 1 aliphatic rings. The molecule has 1 aromatic heterocycles. The van der Waals surface area contributed by atoms with Gasteiger partial charge in [0.1, 0.15) is 6.54 Å². The van der Waals surface area contributed by atoms with Crippen LogP contribution in [0.5, 0.6) is 0 Å². The number of carbonyl (C=O) groups is 1. The Bertz CT molecular complexity index is 975. The largest absolute Gasteiger partial charge is 0.465 e. The Hall–Kier alpha value is -2.13. The number of aromatic nitrogens is 1. The average Bonchev–Trinajstić information content (AvgIpc) is 2.90. The molecular formula is C17H22N2O6S. The number of oxazole rings is 1. The monoisotopic (exact) mass is 382 g/mol. The molecule has 0 saturated carbocycles. The normalized spacial score (nSPS) is 18.9. The zero-order chi connectivity index (χ0) is 18.9. The fourth-order valence-corrected chi connectivity index (χ4v) is 4.82. The van der Waals surface area contributed by atoms with Crippen molar-refractivity contribution in [3.63, 3.8) is 0 Å². The molecule has 0 spiro atoms. The van der Waals surface area contributed by atoms with Crippen LogP contribution in [-0.4, -0.2) is 43.0 Å². The third kappa shape index (κ3) is 3.54. The molecule has 2 aromatic rings. The summed E-state index contributed by atoms with van der Waals surface area (Å²) in [6.07, 6.45) is 1.84. The number of ether oxygens (including phenoxy) is 1. The van der Waals surface area contributed by atoms with Crippen LogP contribution in [0, 0.1) is 5.92 Å². The van der Waals surface area contributed by atoms with Crippen molar-refractivity contribution < 1.29 is 22.4 Å². The van der Waals surface area contributed by atoms with E-state index in [2.05, 4.69) is 0 Å². The van der Waals surface area contributed by atoms with E-state index in [9.17, 15) is 18.0 Å². The van der Waals surface area contributed by atoms with Crippen molar-refractivity contribution in [2.75, 3.05) is 19.7 Å². The first-order valence-corrected chi connectivity index (χ1v) is 10.1. The Kier molecular flexibility index (Phi) is 5.19. The van der Waals surface area contributed by atoms with E-state index < -0.39 is 21.7 Å². The summed E-state index contributed by atoms with van der Waals surface area (Å²) in [6.45, 7) is 4.59. The molecule has 1 fully saturated rings. The van der Waals surface area contributed by atoms with Gasteiger partial charge in [-0.1, -0.05) is 6.92 Å². The van der Waals surface area contributed by atoms with Crippen LogP contribution in [-0.2, 0) is 26.1 Å². The van der Waals surface area contributed by atoms with Gasteiger partial charge in [0.25, 0.3) is 0 Å². The lowest BCUT2D eigenvalue weighted by Gasteiger charge is -2.29. The summed E-state index contributed by atoms with van der Waals surface area (Å²) in [5, 5.41) is 0. The molecule has 0 radical (unpaired) electrons. The third-order valence-electron chi connectivity index (χ3n) is 4.49. The van der Waals surface area contributed by atoms with E-state index in [0.717, 1.165) is 17.4 Å². The first-order chi connectivity index (χ1) is 12.3. The zero-order valence-electron chi connectivity index (χ0n) is 14.8. The second-order valence-electron chi connectivity index (χ2n) is 6.50. The summed E-state index contributed by atoms with van der Waals surface area (Å²) in [4.78, 5) is 23.7. The summed E-state index contributed by atoms with van der Waals surface area (Å²) in [5.74, 6) is -0.976. The maximum Gasteiger partial charge on any atom is 0.420 e. The molecular weight excluding hydrogens is 360 g/mol. The highest BCUT2D eigenvalue weighted by molar-refractivity contribution is 7.89. The van der Waals surface area contributed by atoms with Gasteiger partial charge in [0.2, 0.25) is 10.0 Å². The first-order valence-electron chi connectivity index (χ1n) is 8.62. The van der Waals surface area contributed by atoms with Crippen LogP contribution >= 0.6 is 0 Å². The molecule has 0 aliphatic carbocycles. The summed E-state index contributed by atoms with van der Waals surface area (Å²) in [5.41, 5.74) is 0.486. The third-order valence-corrected chi connectivity index (χ3v) is 6.35. The number of benzene rings is 1. The highest BCUT2D eigenvalue weighted by atomic mass is 32.2. The number of esters is 1. The molecule has 26 heavy (non-hydrogen) atoms. The molecule has 1 saturated heterocycles. The van der Waals surface area contributed by atoms with E-state index in [1.165, 1.54) is 22.5 Å².